The molecular formula is C12H8I2N2O2. The summed E-state index contributed by atoms with van der Waals surface area (Å²) in [5, 5.41) is 13.9. The van der Waals surface area contributed by atoms with E-state index in [2.05, 4.69) is 27.9 Å². The summed E-state index contributed by atoms with van der Waals surface area (Å²) in [5.74, 6) is 0. The Bertz CT molecular complexity index is 585. The molecule has 0 saturated heterocycles. The molecule has 0 unspecified atom stereocenters. The zero-order chi connectivity index (χ0) is 13.1. The zero-order valence-electron chi connectivity index (χ0n) is 9.06. The van der Waals surface area contributed by atoms with E-state index in [1.807, 2.05) is 46.9 Å². The molecule has 0 atom stereocenters. The van der Waals surface area contributed by atoms with Gasteiger partial charge in [-0.25, -0.2) is 0 Å². The first-order chi connectivity index (χ1) is 8.56. The maximum absolute atomic E-state index is 10.7. The van der Waals surface area contributed by atoms with Crippen LogP contribution in [0.3, 0.4) is 0 Å². The molecule has 0 bridgehead atoms. The maximum Gasteiger partial charge on any atom is 0.282 e. The smallest absolute Gasteiger partial charge is 0.282 e. The lowest BCUT2D eigenvalue weighted by molar-refractivity contribution is -0.385. The summed E-state index contributed by atoms with van der Waals surface area (Å²) in [6.07, 6.45) is 0. The normalized spacial score (nSPS) is 10.1. The van der Waals surface area contributed by atoms with Crippen molar-refractivity contribution in [1.29, 1.82) is 0 Å². The van der Waals surface area contributed by atoms with Gasteiger partial charge in [-0.3, -0.25) is 10.1 Å². The fourth-order valence-corrected chi connectivity index (χ4v) is 2.50. The van der Waals surface area contributed by atoms with Crippen LogP contribution >= 0.6 is 45.2 Å². The van der Waals surface area contributed by atoms with Gasteiger partial charge in [-0.2, -0.15) is 0 Å². The molecule has 0 fully saturated rings. The first kappa shape index (κ1) is 13.5. The topological polar surface area (TPSA) is 55.2 Å². The van der Waals surface area contributed by atoms with Crippen molar-refractivity contribution in [3.05, 3.63) is 59.7 Å². The largest absolute Gasteiger partial charge is 0.355 e. The van der Waals surface area contributed by atoms with Gasteiger partial charge in [0.2, 0.25) is 0 Å². The standard InChI is InChI=1S/C12H8I2N2O2/c13-8-1-3-9(4-2-8)15-10-5-6-12(16(17)18)11(14)7-10/h1-7,15H. The number of nitrogens with one attached hydrogen (secondary N) is 1. The fourth-order valence-electron chi connectivity index (χ4n) is 1.43. The highest BCUT2D eigenvalue weighted by Gasteiger charge is 2.11. The Kier molecular flexibility index (Phi) is 4.38. The monoisotopic (exact) mass is 466 g/mol. The second-order valence-electron chi connectivity index (χ2n) is 3.56. The minimum Gasteiger partial charge on any atom is -0.355 e. The lowest BCUT2D eigenvalue weighted by Gasteiger charge is -2.07. The van der Waals surface area contributed by atoms with Crippen LogP contribution in [0.25, 0.3) is 0 Å². The van der Waals surface area contributed by atoms with Gasteiger partial charge in [0, 0.05) is 21.0 Å². The SMILES string of the molecule is O=[N+]([O-])c1ccc(Nc2ccc(I)cc2)cc1I. The van der Waals surface area contributed by atoms with Crippen LogP contribution < -0.4 is 5.32 Å². The molecule has 0 heterocycles. The number of hydrogen-bond acceptors (Lipinski definition) is 3. The highest BCUT2D eigenvalue weighted by molar-refractivity contribution is 14.1. The summed E-state index contributed by atoms with van der Waals surface area (Å²) in [6.45, 7) is 0. The molecule has 0 aliphatic carbocycles. The third-order valence-electron chi connectivity index (χ3n) is 2.28. The van der Waals surface area contributed by atoms with Crippen molar-refractivity contribution < 1.29 is 4.92 Å². The zero-order valence-corrected chi connectivity index (χ0v) is 13.4. The molecule has 1 N–H and O–H groups in total. The molecule has 0 aliphatic rings. The van der Waals surface area contributed by atoms with Crippen molar-refractivity contribution in [2.75, 3.05) is 5.32 Å². The second kappa shape index (κ2) is 5.83. The molecule has 0 aromatic heterocycles. The molecule has 2 aromatic carbocycles. The van der Waals surface area contributed by atoms with E-state index in [9.17, 15) is 10.1 Å². The van der Waals surface area contributed by atoms with Crippen molar-refractivity contribution in [3.63, 3.8) is 0 Å². The number of rotatable bonds is 3. The third kappa shape index (κ3) is 3.31. The first-order valence-corrected chi connectivity index (χ1v) is 7.18. The molecule has 92 valence electrons. The summed E-state index contributed by atoms with van der Waals surface area (Å²) in [4.78, 5) is 10.3. The van der Waals surface area contributed by atoms with Crippen LogP contribution in [-0.4, -0.2) is 4.92 Å². The van der Waals surface area contributed by atoms with Gasteiger partial charge in [0.05, 0.1) is 8.49 Å². The number of nitro groups is 1. The number of nitro benzene ring substituents is 1. The molecule has 0 amide bonds. The predicted molar refractivity (Wildman–Crippen MR) is 88.3 cm³/mol. The van der Waals surface area contributed by atoms with Gasteiger partial charge in [0.15, 0.2) is 0 Å². The van der Waals surface area contributed by atoms with Crippen molar-refractivity contribution in [2.45, 2.75) is 0 Å². The molecule has 2 aromatic rings. The van der Waals surface area contributed by atoms with Crippen molar-refractivity contribution in [2.24, 2.45) is 0 Å². The predicted octanol–water partition coefficient (Wildman–Crippen LogP) is 4.55. The molecule has 18 heavy (non-hydrogen) atoms. The van der Waals surface area contributed by atoms with E-state index in [1.54, 1.807) is 12.1 Å². The van der Waals surface area contributed by atoms with Crippen molar-refractivity contribution in [1.82, 2.24) is 0 Å². The van der Waals surface area contributed by atoms with Crippen LogP contribution in [0.5, 0.6) is 0 Å². The van der Waals surface area contributed by atoms with Gasteiger partial charge in [-0.1, -0.05) is 0 Å². The molecule has 0 radical (unpaired) electrons. The second-order valence-corrected chi connectivity index (χ2v) is 5.96. The van der Waals surface area contributed by atoms with E-state index in [-0.39, 0.29) is 10.6 Å². The highest BCUT2D eigenvalue weighted by Crippen LogP contribution is 2.26. The third-order valence-corrected chi connectivity index (χ3v) is 3.86. The van der Waals surface area contributed by atoms with Crippen molar-refractivity contribution >= 4 is 62.2 Å². The molecular weight excluding hydrogens is 458 g/mol. The van der Waals surface area contributed by atoms with E-state index in [0.29, 0.717) is 3.57 Å². The minimum absolute atomic E-state index is 0.128. The lowest BCUT2D eigenvalue weighted by atomic mass is 10.2. The molecule has 4 nitrogen and oxygen atoms in total. The van der Waals surface area contributed by atoms with Gasteiger partial charge < -0.3 is 5.32 Å². The quantitative estimate of drug-likeness (QED) is 0.411. The number of hydrogen-bond donors (Lipinski definition) is 1. The average molecular weight is 466 g/mol. The van der Waals surface area contributed by atoms with Gasteiger partial charge >= 0.3 is 0 Å². The van der Waals surface area contributed by atoms with E-state index in [4.69, 9.17) is 0 Å². The minimum atomic E-state index is -0.379. The van der Waals surface area contributed by atoms with Crippen LogP contribution in [-0.2, 0) is 0 Å². The van der Waals surface area contributed by atoms with Crippen molar-refractivity contribution in [3.8, 4) is 0 Å². The molecule has 0 aliphatic heterocycles. The Morgan fingerprint density at radius 1 is 1.00 bits per heavy atom. The Balaban J connectivity index is 2.22. The summed E-state index contributed by atoms with van der Waals surface area (Å²) < 4.78 is 1.78. The number of halogens is 2. The molecule has 0 spiro atoms. The Labute approximate surface area is 131 Å². The van der Waals surface area contributed by atoms with E-state index in [0.717, 1.165) is 14.9 Å². The summed E-state index contributed by atoms with van der Waals surface area (Å²) in [7, 11) is 0. The molecule has 6 heteroatoms. The van der Waals surface area contributed by atoms with Crippen LogP contribution in [0, 0.1) is 17.3 Å². The summed E-state index contributed by atoms with van der Waals surface area (Å²) >= 11 is 4.21. The highest BCUT2D eigenvalue weighted by atomic mass is 127. The van der Waals surface area contributed by atoms with Gasteiger partial charge in [0.1, 0.15) is 0 Å². The Morgan fingerprint density at radius 3 is 2.17 bits per heavy atom. The van der Waals surface area contributed by atoms with E-state index >= 15 is 0 Å². The average Bonchev–Trinajstić information content (AvgIpc) is 2.32. The lowest BCUT2D eigenvalue weighted by Crippen LogP contribution is -1.94. The summed E-state index contributed by atoms with van der Waals surface area (Å²) in [5.41, 5.74) is 1.93. The van der Waals surface area contributed by atoms with Crippen LogP contribution in [0.1, 0.15) is 0 Å². The number of nitrogens with zero attached hydrogens (tertiary/aromatic N) is 1. The number of anilines is 2. The van der Waals surface area contributed by atoms with Crippen LogP contribution in [0.4, 0.5) is 17.1 Å². The van der Waals surface area contributed by atoms with E-state index in [1.165, 1.54) is 6.07 Å². The summed E-state index contributed by atoms with van der Waals surface area (Å²) in [6, 6.07) is 12.9. The van der Waals surface area contributed by atoms with Gasteiger partial charge in [-0.15, -0.1) is 0 Å². The molecule has 0 saturated carbocycles. The van der Waals surface area contributed by atoms with Gasteiger partial charge in [-0.05, 0) is 81.6 Å². The Morgan fingerprint density at radius 2 is 1.61 bits per heavy atom. The van der Waals surface area contributed by atoms with Gasteiger partial charge in [0.25, 0.3) is 5.69 Å². The molecule has 2 rings (SSSR count). The fraction of sp³-hybridized carbons (Fsp3) is 0. The van der Waals surface area contributed by atoms with Crippen LogP contribution in [0.2, 0.25) is 0 Å². The van der Waals surface area contributed by atoms with Crippen LogP contribution in [0.15, 0.2) is 42.5 Å². The first-order valence-electron chi connectivity index (χ1n) is 5.03. The number of benzene rings is 2. The Hall–Kier alpha value is -0.900. The van der Waals surface area contributed by atoms with E-state index < -0.39 is 0 Å². The maximum atomic E-state index is 10.7.